The lowest BCUT2D eigenvalue weighted by Gasteiger charge is -2.35. The zero-order valence-electron chi connectivity index (χ0n) is 11.5. The van der Waals surface area contributed by atoms with Crippen molar-refractivity contribution in [3.05, 3.63) is 0 Å². The summed E-state index contributed by atoms with van der Waals surface area (Å²) in [5, 5.41) is 9.91. The number of amides is 1. The molecule has 19 heavy (non-hydrogen) atoms. The third kappa shape index (κ3) is 3.27. The van der Waals surface area contributed by atoms with E-state index in [0.29, 0.717) is 32.5 Å². The van der Waals surface area contributed by atoms with Crippen molar-refractivity contribution in [2.45, 2.75) is 44.2 Å². The van der Waals surface area contributed by atoms with Gasteiger partial charge in [-0.2, -0.15) is 4.31 Å². The molecule has 2 saturated heterocycles. The lowest BCUT2D eigenvalue weighted by atomic mass is 10.0. The molecular formula is C12H22N2O4S. The Morgan fingerprint density at radius 3 is 2.53 bits per heavy atom. The molecule has 2 heterocycles. The van der Waals surface area contributed by atoms with Crippen LogP contribution >= 0.6 is 0 Å². The van der Waals surface area contributed by atoms with Crippen LogP contribution in [0.1, 0.15) is 32.6 Å². The molecule has 1 N–H and O–H groups in total. The molecule has 110 valence electrons. The number of carbonyl (C=O) groups is 1. The fraction of sp³-hybridized carbons (Fsp3) is 0.917. The third-order valence-corrected chi connectivity index (χ3v) is 5.22. The van der Waals surface area contributed by atoms with E-state index in [4.69, 9.17) is 0 Å². The predicted molar refractivity (Wildman–Crippen MR) is 71.0 cm³/mol. The molecule has 0 aliphatic carbocycles. The number of carbonyl (C=O) groups excluding carboxylic acids is 1. The largest absolute Gasteiger partial charge is 0.388 e. The molecule has 2 atom stereocenters. The Hall–Kier alpha value is -0.660. The second kappa shape index (κ2) is 5.03. The number of hydrogen-bond acceptors (Lipinski definition) is 4. The minimum Gasteiger partial charge on any atom is -0.388 e. The molecule has 2 aliphatic heterocycles. The van der Waals surface area contributed by atoms with E-state index in [-0.39, 0.29) is 5.91 Å². The first kappa shape index (κ1) is 14.7. The summed E-state index contributed by atoms with van der Waals surface area (Å²) in [6, 6.07) is -0.586. The lowest BCUT2D eigenvalue weighted by molar-refractivity contribution is -0.136. The van der Waals surface area contributed by atoms with Gasteiger partial charge in [-0.25, -0.2) is 8.42 Å². The van der Waals surface area contributed by atoms with Crippen molar-refractivity contribution in [3.8, 4) is 0 Å². The molecule has 0 bridgehead atoms. The summed E-state index contributed by atoms with van der Waals surface area (Å²) in [7, 11) is -3.36. The number of sulfonamides is 1. The van der Waals surface area contributed by atoms with E-state index in [1.165, 1.54) is 4.31 Å². The fourth-order valence-electron chi connectivity index (χ4n) is 2.89. The zero-order valence-corrected chi connectivity index (χ0v) is 12.3. The van der Waals surface area contributed by atoms with Crippen LogP contribution in [0.2, 0.25) is 0 Å². The summed E-state index contributed by atoms with van der Waals surface area (Å²) >= 11 is 0. The van der Waals surface area contributed by atoms with Gasteiger partial charge in [-0.15, -0.1) is 0 Å². The molecular weight excluding hydrogens is 268 g/mol. The van der Waals surface area contributed by atoms with Crippen molar-refractivity contribution in [1.29, 1.82) is 0 Å². The Balaban J connectivity index is 2.13. The number of aliphatic hydroxyl groups is 1. The van der Waals surface area contributed by atoms with Crippen LogP contribution in [-0.4, -0.2) is 66.2 Å². The predicted octanol–water partition coefficient (Wildman–Crippen LogP) is -0.216. The van der Waals surface area contributed by atoms with Crippen molar-refractivity contribution in [1.82, 2.24) is 9.21 Å². The maximum Gasteiger partial charge on any atom is 0.241 e. The second-order valence-corrected chi connectivity index (χ2v) is 7.83. The van der Waals surface area contributed by atoms with Crippen molar-refractivity contribution in [2.24, 2.45) is 0 Å². The molecule has 2 aliphatic rings. The van der Waals surface area contributed by atoms with Gasteiger partial charge in [-0.1, -0.05) is 6.42 Å². The van der Waals surface area contributed by atoms with Gasteiger partial charge in [0.2, 0.25) is 15.9 Å². The van der Waals surface area contributed by atoms with E-state index in [9.17, 15) is 18.3 Å². The van der Waals surface area contributed by atoms with Crippen molar-refractivity contribution >= 4 is 15.9 Å². The molecule has 6 nitrogen and oxygen atoms in total. The van der Waals surface area contributed by atoms with E-state index >= 15 is 0 Å². The van der Waals surface area contributed by atoms with Crippen LogP contribution in [0.3, 0.4) is 0 Å². The standard InChI is InChI=1S/C12H22N2O4S/c1-12(16)6-8-13(9-12)11(15)10-5-3-4-7-14(10)19(2,17)18/h10,16H,3-9H2,1-2H3. The molecule has 2 unspecified atom stereocenters. The van der Waals surface area contributed by atoms with Gasteiger partial charge in [0.15, 0.2) is 0 Å². The summed E-state index contributed by atoms with van der Waals surface area (Å²) < 4.78 is 24.8. The summed E-state index contributed by atoms with van der Waals surface area (Å²) in [6.07, 6.45) is 3.94. The number of likely N-dealkylation sites (tertiary alicyclic amines) is 1. The van der Waals surface area contributed by atoms with Gasteiger partial charge < -0.3 is 10.0 Å². The molecule has 2 rings (SSSR count). The first-order valence-electron chi connectivity index (χ1n) is 6.69. The Morgan fingerprint density at radius 2 is 2.00 bits per heavy atom. The molecule has 7 heteroatoms. The van der Waals surface area contributed by atoms with Gasteiger partial charge in [0.1, 0.15) is 6.04 Å². The van der Waals surface area contributed by atoms with Gasteiger partial charge in [-0.05, 0) is 26.2 Å². The quantitative estimate of drug-likeness (QED) is 0.763. The van der Waals surface area contributed by atoms with Gasteiger partial charge in [0.25, 0.3) is 0 Å². The van der Waals surface area contributed by atoms with E-state index in [1.54, 1.807) is 11.8 Å². The molecule has 0 aromatic rings. The average Bonchev–Trinajstić information content (AvgIpc) is 2.68. The van der Waals surface area contributed by atoms with E-state index < -0.39 is 21.7 Å². The number of nitrogens with zero attached hydrogens (tertiary/aromatic N) is 2. The first-order valence-corrected chi connectivity index (χ1v) is 8.53. The number of rotatable bonds is 2. The average molecular weight is 290 g/mol. The topological polar surface area (TPSA) is 77.9 Å². The van der Waals surface area contributed by atoms with Crippen LogP contribution in [0.5, 0.6) is 0 Å². The molecule has 2 fully saturated rings. The van der Waals surface area contributed by atoms with Crippen LogP contribution < -0.4 is 0 Å². The molecule has 0 spiro atoms. The van der Waals surface area contributed by atoms with Crippen LogP contribution in [0.25, 0.3) is 0 Å². The zero-order chi connectivity index (χ0) is 14.3. The summed E-state index contributed by atoms with van der Waals surface area (Å²) in [6.45, 7) is 2.91. The fourth-order valence-corrected chi connectivity index (χ4v) is 4.01. The minimum absolute atomic E-state index is 0.164. The molecule has 0 aromatic carbocycles. The number of β-amino-alcohol motifs (C(OH)–C–C–N with tert-alkyl or cyclic N) is 1. The molecule has 0 aromatic heterocycles. The monoisotopic (exact) mass is 290 g/mol. The molecule has 1 amide bonds. The Bertz CT molecular complexity index is 460. The highest BCUT2D eigenvalue weighted by Gasteiger charge is 2.41. The van der Waals surface area contributed by atoms with Crippen molar-refractivity contribution in [3.63, 3.8) is 0 Å². The van der Waals surface area contributed by atoms with E-state index in [2.05, 4.69) is 0 Å². The Labute approximate surface area is 114 Å². The normalized spacial score (nSPS) is 33.6. The van der Waals surface area contributed by atoms with Crippen molar-refractivity contribution in [2.75, 3.05) is 25.9 Å². The van der Waals surface area contributed by atoms with Gasteiger partial charge in [0, 0.05) is 19.6 Å². The smallest absolute Gasteiger partial charge is 0.241 e. The molecule has 0 saturated carbocycles. The van der Waals surface area contributed by atoms with Crippen LogP contribution in [0.4, 0.5) is 0 Å². The summed E-state index contributed by atoms with van der Waals surface area (Å²) in [4.78, 5) is 14.0. The number of piperidine rings is 1. The van der Waals surface area contributed by atoms with Gasteiger partial charge >= 0.3 is 0 Å². The highest BCUT2D eigenvalue weighted by Crippen LogP contribution is 2.26. The van der Waals surface area contributed by atoms with Crippen LogP contribution in [-0.2, 0) is 14.8 Å². The third-order valence-electron chi connectivity index (χ3n) is 3.93. The van der Waals surface area contributed by atoms with Crippen molar-refractivity contribution < 1.29 is 18.3 Å². The Morgan fingerprint density at radius 1 is 1.32 bits per heavy atom. The van der Waals surface area contributed by atoms with E-state index in [1.807, 2.05) is 0 Å². The highest BCUT2D eigenvalue weighted by molar-refractivity contribution is 7.88. The SMILES string of the molecule is CC1(O)CCN(C(=O)C2CCCCN2S(C)(=O)=O)C1. The van der Waals surface area contributed by atoms with Crippen LogP contribution in [0, 0.1) is 0 Å². The highest BCUT2D eigenvalue weighted by atomic mass is 32.2. The van der Waals surface area contributed by atoms with Gasteiger partial charge in [0.05, 0.1) is 11.9 Å². The minimum atomic E-state index is -3.36. The van der Waals surface area contributed by atoms with Crippen LogP contribution in [0.15, 0.2) is 0 Å². The maximum absolute atomic E-state index is 12.5. The van der Waals surface area contributed by atoms with Gasteiger partial charge in [-0.3, -0.25) is 4.79 Å². The summed E-state index contributed by atoms with van der Waals surface area (Å²) in [5.74, 6) is -0.164. The second-order valence-electron chi connectivity index (χ2n) is 5.89. The van der Waals surface area contributed by atoms with E-state index in [0.717, 1.165) is 19.1 Å². The lowest BCUT2D eigenvalue weighted by Crippen LogP contribution is -2.52. The molecule has 0 radical (unpaired) electrons. The number of hydrogen-bond donors (Lipinski definition) is 1. The Kier molecular flexibility index (Phi) is 3.90. The maximum atomic E-state index is 12.5. The summed E-state index contributed by atoms with van der Waals surface area (Å²) in [5.41, 5.74) is -0.847. The first-order chi connectivity index (χ1) is 8.71.